The van der Waals surface area contributed by atoms with E-state index < -0.39 is 36.7 Å². The molecule has 1 saturated heterocycles. The number of piperazine rings is 1. The minimum atomic E-state index is -4.69. The Morgan fingerprint density at radius 1 is 1.12 bits per heavy atom. The van der Waals surface area contributed by atoms with Crippen LogP contribution in [0.15, 0.2) is 42.6 Å². The van der Waals surface area contributed by atoms with Crippen molar-refractivity contribution in [2.75, 3.05) is 18.0 Å². The Kier molecular flexibility index (Phi) is 5.89. The van der Waals surface area contributed by atoms with Crippen LogP contribution in [0.2, 0.25) is 0 Å². The molecule has 9 nitrogen and oxygen atoms in total. The molecule has 34 heavy (non-hydrogen) atoms. The van der Waals surface area contributed by atoms with Gasteiger partial charge in [0.1, 0.15) is 17.6 Å². The van der Waals surface area contributed by atoms with Crippen molar-refractivity contribution >= 4 is 17.7 Å². The van der Waals surface area contributed by atoms with Gasteiger partial charge >= 0.3 is 12.4 Å². The van der Waals surface area contributed by atoms with E-state index in [9.17, 15) is 26.3 Å². The van der Waals surface area contributed by atoms with Crippen molar-refractivity contribution in [1.82, 2.24) is 29.7 Å². The predicted molar refractivity (Wildman–Crippen MR) is 109 cm³/mol. The fourth-order valence-corrected chi connectivity index (χ4v) is 3.56. The fraction of sp³-hybridized carbons (Fsp3) is 0.316. The molecule has 3 aromatic rings. The second-order valence-electron chi connectivity index (χ2n) is 7.41. The number of rotatable bonds is 4. The third-order valence-electron chi connectivity index (χ3n) is 5.25. The van der Waals surface area contributed by atoms with Crippen LogP contribution >= 0.6 is 0 Å². The third-order valence-corrected chi connectivity index (χ3v) is 5.25. The van der Waals surface area contributed by atoms with Gasteiger partial charge in [0.15, 0.2) is 17.2 Å². The first-order valence-electron chi connectivity index (χ1n) is 9.75. The van der Waals surface area contributed by atoms with Crippen LogP contribution < -0.4 is 16.0 Å². The van der Waals surface area contributed by atoms with Crippen LogP contribution in [0.5, 0.6) is 0 Å². The average Bonchev–Trinajstić information content (AvgIpc) is 3.22. The molecule has 180 valence electrons. The SMILES string of the molecule is N=CC(=CN)C1CN(c2ccnc(-c3cnc4cnc(C(F)(F)F)cn34)n2)CC(C(F)(F)F)N1. The van der Waals surface area contributed by atoms with Crippen LogP contribution in [0, 0.1) is 5.41 Å². The molecular weight excluding hydrogens is 468 g/mol. The monoisotopic (exact) mass is 485 g/mol. The Morgan fingerprint density at radius 2 is 1.88 bits per heavy atom. The lowest BCUT2D eigenvalue weighted by atomic mass is 10.0. The molecule has 15 heteroatoms. The van der Waals surface area contributed by atoms with Crippen molar-refractivity contribution in [3.05, 3.63) is 48.3 Å². The third kappa shape index (κ3) is 4.50. The Morgan fingerprint density at radius 3 is 2.53 bits per heavy atom. The second-order valence-corrected chi connectivity index (χ2v) is 7.41. The van der Waals surface area contributed by atoms with E-state index in [1.807, 2.05) is 0 Å². The standard InChI is InChI=1S/C19H17F6N9/c20-18(21,22)13-9-34-12(5-30-16(34)6-29-13)17-28-2-1-15(32-17)33-7-11(10(3-26)4-27)31-14(8-33)19(23,24)25/h1-6,9,11,14,26,31H,7-8,27H2. The molecule has 4 rings (SSSR count). The van der Waals surface area contributed by atoms with Crippen LogP contribution in [-0.4, -0.2) is 61.9 Å². The number of aromatic nitrogens is 5. The number of hydrogen-bond donors (Lipinski definition) is 3. The summed E-state index contributed by atoms with van der Waals surface area (Å²) < 4.78 is 81.0. The predicted octanol–water partition coefficient (Wildman–Crippen LogP) is 2.41. The van der Waals surface area contributed by atoms with E-state index in [4.69, 9.17) is 11.1 Å². The zero-order valence-electron chi connectivity index (χ0n) is 17.1. The Hall–Kier alpha value is -3.75. The summed E-state index contributed by atoms with van der Waals surface area (Å²) in [6.07, 6.45) is -3.12. The summed E-state index contributed by atoms with van der Waals surface area (Å²) in [6.45, 7) is -0.474. The minimum absolute atomic E-state index is 0.0107. The Bertz CT molecular complexity index is 1230. The molecule has 4 heterocycles. The van der Waals surface area contributed by atoms with Crippen molar-refractivity contribution in [1.29, 1.82) is 5.41 Å². The average molecular weight is 485 g/mol. The van der Waals surface area contributed by atoms with E-state index >= 15 is 0 Å². The molecule has 0 amide bonds. The highest BCUT2D eigenvalue weighted by molar-refractivity contribution is 5.77. The molecule has 0 radical (unpaired) electrons. The van der Waals surface area contributed by atoms with Gasteiger partial charge in [-0.05, 0) is 6.07 Å². The molecule has 1 aliphatic rings. The molecule has 3 aromatic heterocycles. The molecule has 1 aliphatic heterocycles. The van der Waals surface area contributed by atoms with Gasteiger partial charge < -0.3 is 16.0 Å². The van der Waals surface area contributed by atoms with Crippen LogP contribution in [-0.2, 0) is 6.18 Å². The molecule has 0 aromatic carbocycles. The zero-order valence-corrected chi connectivity index (χ0v) is 17.1. The lowest BCUT2D eigenvalue weighted by Gasteiger charge is -2.40. The van der Waals surface area contributed by atoms with Crippen LogP contribution in [0.3, 0.4) is 0 Å². The number of imidazole rings is 1. The summed E-state index contributed by atoms with van der Waals surface area (Å²) >= 11 is 0. The molecule has 2 unspecified atom stereocenters. The van der Waals surface area contributed by atoms with Gasteiger partial charge in [-0.2, -0.15) is 26.3 Å². The van der Waals surface area contributed by atoms with E-state index in [-0.39, 0.29) is 35.1 Å². The molecule has 0 bridgehead atoms. The van der Waals surface area contributed by atoms with Crippen molar-refractivity contribution in [3.63, 3.8) is 0 Å². The van der Waals surface area contributed by atoms with Gasteiger partial charge in [-0.3, -0.25) is 9.72 Å². The summed E-state index contributed by atoms with van der Waals surface area (Å²) in [4.78, 5) is 17.1. The van der Waals surface area contributed by atoms with E-state index in [0.717, 1.165) is 29.2 Å². The molecule has 2 atom stereocenters. The van der Waals surface area contributed by atoms with Gasteiger partial charge in [-0.1, -0.05) is 0 Å². The number of nitrogens with two attached hydrogens (primary N) is 1. The number of nitrogens with zero attached hydrogens (tertiary/aromatic N) is 6. The fourth-order valence-electron chi connectivity index (χ4n) is 3.56. The van der Waals surface area contributed by atoms with Gasteiger partial charge in [0.25, 0.3) is 0 Å². The summed E-state index contributed by atoms with van der Waals surface area (Å²) in [6, 6.07) is -1.45. The van der Waals surface area contributed by atoms with Gasteiger partial charge in [-0.15, -0.1) is 0 Å². The van der Waals surface area contributed by atoms with E-state index in [2.05, 4.69) is 25.3 Å². The van der Waals surface area contributed by atoms with Gasteiger partial charge in [0.05, 0.1) is 18.4 Å². The first kappa shape index (κ1) is 23.4. The summed E-state index contributed by atoms with van der Waals surface area (Å²) in [7, 11) is 0. The van der Waals surface area contributed by atoms with Crippen LogP contribution in [0.4, 0.5) is 32.2 Å². The molecule has 4 N–H and O–H groups in total. The first-order chi connectivity index (χ1) is 16.0. The summed E-state index contributed by atoms with van der Waals surface area (Å²) in [5.41, 5.74) is 4.68. The van der Waals surface area contributed by atoms with Crippen molar-refractivity contribution in [2.45, 2.75) is 24.4 Å². The van der Waals surface area contributed by atoms with Crippen LogP contribution in [0.1, 0.15) is 5.69 Å². The molecule has 0 saturated carbocycles. The number of alkyl halides is 6. The second kappa shape index (κ2) is 8.55. The topological polar surface area (TPSA) is 121 Å². The molecule has 0 spiro atoms. The van der Waals surface area contributed by atoms with Gasteiger partial charge in [0.2, 0.25) is 0 Å². The van der Waals surface area contributed by atoms with Crippen molar-refractivity contribution < 1.29 is 26.3 Å². The minimum Gasteiger partial charge on any atom is -0.404 e. The van der Waals surface area contributed by atoms with E-state index in [1.54, 1.807) is 0 Å². The number of nitrogens with one attached hydrogen (secondary N) is 2. The quantitative estimate of drug-likeness (QED) is 0.383. The highest BCUT2D eigenvalue weighted by Crippen LogP contribution is 2.30. The lowest BCUT2D eigenvalue weighted by Crippen LogP contribution is -2.62. The summed E-state index contributed by atoms with van der Waals surface area (Å²) in [5.74, 6) is 0.0803. The summed E-state index contributed by atoms with van der Waals surface area (Å²) in [5, 5.41) is 9.87. The Balaban J connectivity index is 1.72. The lowest BCUT2D eigenvalue weighted by molar-refractivity contribution is -0.157. The highest BCUT2D eigenvalue weighted by atomic mass is 19.4. The Labute approximate surface area is 187 Å². The molecule has 1 fully saturated rings. The maximum Gasteiger partial charge on any atom is 0.434 e. The number of hydrogen-bond acceptors (Lipinski definition) is 8. The van der Waals surface area contributed by atoms with Crippen LogP contribution in [0.25, 0.3) is 17.2 Å². The number of anilines is 1. The number of halogens is 6. The van der Waals surface area contributed by atoms with Crippen molar-refractivity contribution in [2.24, 2.45) is 5.73 Å². The first-order valence-corrected chi connectivity index (χ1v) is 9.75. The van der Waals surface area contributed by atoms with Gasteiger partial charge in [-0.25, -0.2) is 19.9 Å². The maximum atomic E-state index is 13.5. The highest BCUT2D eigenvalue weighted by Gasteiger charge is 2.45. The van der Waals surface area contributed by atoms with E-state index in [0.29, 0.717) is 0 Å². The smallest absolute Gasteiger partial charge is 0.404 e. The maximum absolute atomic E-state index is 13.5. The largest absolute Gasteiger partial charge is 0.434 e. The van der Waals surface area contributed by atoms with E-state index in [1.165, 1.54) is 23.4 Å². The van der Waals surface area contributed by atoms with Gasteiger partial charge in [0, 0.05) is 43.5 Å². The van der Waals surface area contributed by atoms with Crippen molar-refractivity contribution in [3.8, 4) is 11.5 Å². The normalized spacial score (nSPS) is 20.1. The zero-order chi connectivity index (χ0) is 24.7. The number of fused-ring (bicyclic) bond motifs is 1. The molecule has 0 aliphatic carbocycles. The molecular formula is C19H17F6N9.